The summed E-state index contributed by atoms with van der Waals surface area (Å²) in [5.41, 5.74) is 1.29. The summed E-state index contributed by atoms with van der Waals surface area (Å²) in [6, 6.07) is 11.1. The van der Waals surface area contributed by atoms with Crippen LogP contribution in [0.3, 0.4) is 0 Å². The van der Waals surface area contributed by atoms with Gasteiger partial charge in [0.05, 0.1) is 6.42 Å². The molecule has 0 bridgehead atoms. The maximum Gasteiger partial charge on any atom is 0.408 e. The lowest BCUT2D eigenvalue weighted by atomic mass is 10.0. The van der Waals surface area contributed by atoms with Gasteiger partial charge in [-0.3, -0.25) is 19.2 Å². The number of benzene rings is 2. The number of ether oxygens (including phenoxy) is 1. The summed E-state index contributed by atoms with van der Waals surface area (Å²) in [5.74, 6) is -4.08. The molecule has 0 unspecified atom stereocenters. The van der Waals surface area contributed by atoms with Crippen LogP contribution in [0.2, 0.25) is 0 Å². The van der Waals surface area contributed by atoms with Gasteiger partial charge in [0.2, 0.25) is 17.7 Å². The molecule has 2 aromatic carbocycles. The van der Waals surface area contributed by atoms with Crippen LogP contribution in [0.1, 0.15) is 38.3 Å². The van der Waals surface area contributed by atoms with Gasteiger partial charge < -0.3 is 35.5 Å². The van der Waals surface area contributed by atoms with Crippen LogP contribution in [0.4, 0.5) is 10.5 Å². The van der Waals surface area contributed by atoms with Gasteiger partial charge >= 0.3 is 17.7 Å². The standard InChI is InChI=1S/C30H34N4O9/c1-16(2)26(34-30(41)42-15-19-8-6-5-7-9-19)29(40)31-18(4)27(38)33-22(14-24(35)36)28(39)32-20-10-11-21-17(3)12-25(37)43-23(21)13-20/h5-13,16,18,22,26H,14-15H2,1-4H3,(H,31,40)(H,32,39)(H,33,38)(H,34,41)(H,35,36)/t18-,22+,26-/m1/s1. The number of alkyl carbamates (subject to hydrolysis) is 1. The molecular formula is C30H34N4O9. The molecule has 0 aliphatic carbocycles. The van der Waals surface area contributed by atoms with Crippen molar-refractivity contribution in [2.24, 2.45) is 5.92 Å². The average molecular weight is 595 g/mol. The summed E-state index contributed by atoms with van der Waals surface area (Å²) in [4.78, 5) is 74.3. The Morgan fingerprint density at radius 3 is 2.23 bits per heavy atom. The molecule has 3 rings (SSSR count). The van der Waals surface area contributed by atoms with Gasteiger partial charge in [-0.15, -0.1) is 0 Å². The number of carboxylic acid groups (broad SMARTS) is 1. The van der Waals surface area contributed by atoms with Gasteiger partial charge in [-0.2, -0.15) is 0 Å². The quantitative estimate of drug-likeness (QED) is 0.196. The molecule has 1 aromatic heterocycles. The minimum absolute atomic E-state index is 0.00175. The highest BCUT2D eigenvalue weighted by Crippen LogP contribution is 2.21. The minimum Gasteiger partial charge on any atom is -0.481 e. The zero-order chi connectivity index (χ0) is 31.7. The SMILES string of the molecule is Cc1cc(=O)oc2cc(NC(=O)[C@H](CC(=O)O)NC(=O)[C@@H](C)NC(=O)[C@H](NC(=O)OCc3ccccc3)C(C)C)ccc12. The highest BCUT2D eigenvalue weighted by atomic mass is 16.5. The van der Waals surface area contributed by atoms with Crippen molar-refractivity contribution >= 4 is 46.4 Å². The molecule has 0 spiro atoms. The molecule has 3 atom stereocenters. The number of aryl methyl sites for hydroxylation is 1. The number of hydrogen-bond donors (Lipinski definition) is 5. The minimum atomic E-state index is -1.50. The molecule has 0 aliphatic heterocycles. The molecule has 0 radical (unpaired) electrons. The highest BCUT2D eigenvalue weighted by Gasteiger charge is 2.30. The fourth-order valence-corrected chi connectivity index (χ4v) is 4.11. The van der Waals surface area contributed by atoms with E-state index in [-0.39, 0.29) is 23.8 Å². The zero-order valence-corrected chi connectivity index (χ0v) is 24.1. The van der Waals surface area contributed by atoms with Crippen LogP contribution < -0.4 is 26.9 Å². The number of hydrogen-bond acceptors (Lipinski definition) is 8. The van der Waals surface area contributed by atoms with E-state index in [2.05, 4.69) is 21.3 Å². The summed E-state index contributed by atoms with van der Waals surface area (Å²) in [7, 11) is 0. The topological polar surface area (TPSA) is 193 Å². The van der Waals surface area contributed by atoms with Crippen molar-refractivity contribution in [2.45, 2.75) is 58.8 Å². The van der Waals surface area contributed by atoms with E-state index in [0.29, 0.717) is 10.9 Å². The normalized spacial score (nSPS) is 13.0. The number of carbonyl (C=O) groups excluding carboxylic acids is 4. The molecular weight excluding hydrogens is 560 g/mol. The molecule has 0 saturated heterocycles. The molecule has 228 valence electrons. The van der Waals surface area contributed by atoms with Crippen LogP contribution in [-0.4, -0.2) is 53.0 Å². The van der Waals surface area contributed by atoms with Crippen LogP contribution >= 0.6 is 0 Å². The van der Waals surface area contributed by atoms with Gasteiger partial charge in [0.25, 0.3) is 0 Å². The largest absolute Gasteiger partial charge is 0.481 e. The number of carboxylic acids is 1. The van der Waals surface area contributed by atoms with Crippen molar-refractivity contribution in [2.75, 3.05) is 5.32 Å². The Morgan fingerprint density at radius 1 is 0.884 bits per heavy atom. The lowest BCUT2D eigenvalue weighted by molar-refractivity contribution is -0.140. The Labute approximate surface area is 247 Å². The second-order valence-corrected chi connectivity index (χ2v) is 10.3. The average Bonchev–Trinajstić information content (AvgIpc) is 2.94. The van der Waals surface area contributed by atoms with E-state index in [1.54, 1.807) is 57.2 Å². The van der Waals surface area contributed by atoms with E-state index in [1.807, 2.05) is 6.07 Å². The molecule has 0 saturated carbocycles. The predicted molar refractivity (Wildman–Crippen MR) is 156 cm³/mol. The highest BCUT2D eigenvalue weighted by molar-refractivity contribution is 6.01. The number of fused-ring (bicyclic) bond motifs is 1. The van der Waals surface area contributed by atoms with Crippen LogP contribution in [0.5, 0.6) is 0 Å². The summed E-state index contributed by atoms with van der Waals surface area (Å²) in [5, 5.41) is 19.8. The smallest absolute Gasteiger partial charge is 0.408 e. The first-order valence-corrected chi connectivity index (χ1v) is 13.5. The number of aliphatic carboxylic acids is 1. The third kappa shape index (κ3) is 9.42. The molecule has 0 fully saturated rings. The lowest BCUT2D eigenvalue weighted by Crippen LogP contribution is -2.56. The van der Waals surface area contributed by atoms with E-state index < -0.39 is 60.0 Å². The monoisotopic (exact) mass is 594 g/mol. The van der Waals surface area contributed by atoms with E-state index in [4.69, 9.17) is 9.15 Å². The second-order valence-electron chi connectivity index (χ2n) is 10.3. The molecule has 3 aromatic rings. The van der Waals surface area contributed by atoms with Gasteiger partial charge in [-0.25, -0.2) is 9.59 Å². The zero-order valence-electron chi connectivity index (χ0n) is 24.1. The number of rotatable bonds is 12. The maximum atomic E-state index is 13.0. The Morgan fingerprint density at radius 2 is 1.58 bits per heavy atom. The Hall–Kier alpha value is -5.20. The van der Waals surface area contributed by atoms with Crippen LogP contribution in [0.15, 0.2) is 63.8 Å². The Kier molecular flexibility index (Phi) is 11.0. The molecule has 43 heavy (non-hydrogen) atoms. The van der Waals surface area contributed by atoms with Crippen molar-refractivity contribution in [3.05, 3.63) is 76.1 Å². The second kappa shape index (κ2) is 14.6. The molecule has 5 N–H and O–H groups in total. The van der Waals surface area contributed by atoms with Crippen LogP contribution in [0.25, 0.3) is 11.0 Å². The fourth-order valence-electron chi connectivity index (χ4n) is 4.11. The lowest BCUT2D eigenvalue weighted by Gasteiger charge is -2.24. The molecule has 1 heterocycles. The Balaban J connectivity index is 1.62. The van der Waals surface area contributed by atoms with Crippen molar-refractivity contribution in [1.82, 2.24) is 16.0 Å². The van der Waals surface area contributed by atoms with Crippen molar-refractivity contribution in [1.29, 1.82) is 0 Å². The summed E-state index contributed by atoms with van der Waals surface area (Å²) < 4.78 is 10.4. The van der Waals surface area contributed by atoms with Crippen molar-refractivity contribution in [3.8, 4) is 0 Å². The van der Waals surface area contributed by atoms with Crippen LogP contribution in [-0.2, 0) is 30.5 Å². The van der Waals surface area contributed by atoms with Gasteiger partial charge in [0.15, 0.2) is 0 Å². The first kappa shape index (κ1) is 32.3. The summed E-state index contributed by atoms with van der Waals surface area (Å²) in [6.45, 7) is 6.46. The number of anilines is 1. The molecule has 13 nitrogen and oxygen atoms in total. The van der Waals surface area contributed by atoms with E-state index in [1.165, 1.54) is 19.1 Å². The fraction of sp³-hybridized carbons (Fsp3) is 0.333. The van der Waals surface area contributed by atoms with Crippen molar-refractivity contribution in [3.63, 3.8) is 0 Å². The van der Waals surface area contributed by atoms with E-state index >= 15 is 0 Å². The van der Waals surface area contributed by atoms with Gasteiger partial charge in [-0.1, -0.05) is 44.2 Å². The van der Waals surface area contributed by atoms with E-state index in [9.17, 15) is 33.9 Å². The maximum absolute atomic E-state index is 13.0. The third-order valence-electron chi connectivity index (χ3n) is 6.42. The Bertz CT molecular complexity index is 1550. The number of amides is 4. The summed E-state index contributed by atoms with van der Waals surface area (Å²) >= 11 is 0. The molecule has 13 heteroatoms. The van der Waals surface area contributed by atoms with Crippen LogP contribution in [0, 0.1) is 12.8 Å². The van der Waals surface area contributed by atoms with Gasteiger partial charge in [-0.05, 0) is 43.0 Å². The predicted octanol–water partition coefficient (Wildman–Crippen LogP) is 2.46. The first-order chi connectivity index (χ1) is 20.3. The number of carbonyl (C=O) groups is 5. The molecule has 4 amide bonds. The molecule has 0 aliphatic rings. The first-order valence-electron chi connectivity index (χ1n) is 13.5. The van der Waals surface area contributed by atoms with Crippen molar-refractivity contribution < 1.29 is 38.2 Å². The van der Waals surface area contributed by atoms with Gasteiger partial charge in [0.1, 0.15) is 30.3 Å². The van der Waals surface area contributed by atoms with Gasteiger partial charge in [0, 0.05) is 23.2 Å². The summed E-state index contributed by atoms with van der Waals surface area (Å²) in [6.07, 6.45) is -1.57. The number of nitrogens with one attached hydrogen (secondary N) is 4. The third-order valence-corrected chi connectivity index (χ3v) is 6.42. The van der Waals surface area contributed by atoms with E-state index in [0.717, 1.165) is 5.56 Å².